The largest absolute Gasteiger partial charge is 0.594 e. The summed E-state index contributed by atoms with van der Waals surface area (Å²) in [5, 5.41) is 25.8. The van der Waals surface area contributed by atoms with Gasteiger partial charge in [0.25, 0.3) is 5.52 Å². The van der Waals surface area contributed by atoms with Crippen LogP contribution in [0.1, 0.15) is 18.5 Å². The summed E-state index contributed by atoms with van der Waals surface area (Å²) in [4.78, 5) is 32.7. The smallest absolute Gasteiger partial charge is 0.409 e. The van der Waals surface area contributed by atoms with Crippen LogP contribution in [0.3, 0.4) is 0 Å². The molecular weight excluding hydrogens is 492 g/mol. The van der Waals surface area contributed by atoms with Crippen LogP contribution in [0.2, 0.25) is 5.02 Å². The molecule has 4 heterocycles. The third-order valence-corrected chi connectivity index (χ3v) is 6.78. The van der Waals surface area contributed by atoms with Crippen molar-refractivity contribution < 1.29 is 24.2 Å². The van der Waals surface area contributed by atoms with Crippen LogP contribution in [0.15, 0.2) is 35.3 Å². The van der Waals surface area contributed by atoms with Crippen LogP contribution in [-0.4, -0.2) is 74.5 Å². The van der Waals surface area contributed by atoms with Crippen molar-refractivity contribution in [2.75, 3.05) is 32.8 Å². The summed E-state index contributed by atoms with van der Waals surface area (Å²) in [6, 6.07) is 6.27. The Hall–Kier alpha value is -3.64. The molecule has 2 aliphatic rings. The minimum absolute atomic E-state index is 0.156. The molecule has 1 N–H and O–H groups in total. The summed E-state index contributed by atoms with van der Waals surface area (Å²) in [6.45, 7) is 3.28. The first-order valence-corrected chi connectivity index (χ1v) is 12.0. The van der Waals surface area contributed by atoms with Gasteiger partial charge >= 0.3 is 11.8 Å². The normalized spacial score (nSPS) is 16.2. The zero-order valence-electron chi connectivity index (χ0n) is 19.4. The van der Waals surface area contributed by atoms with Crippen molar-refractivity contribution in [2.45, 2.75) is 32.0 Å². The van der Waals surface area contributed by atoms with E-state index in [9.17, 15) is 19.9 Å². The molecule has 0 unspecified atom stereocenters. The van der Waals surface area contributed by atoms with Crippen molar-refractivity contribution in [3.63, 3.8) is 0 Å². The maximum absolute atomic E-state index is 12.4. The maximum Gasteiger partial charge on any atom is 0.409 e. The van der Waals surface area contributed by atoms with Crippen LogP contribution in [0.5, 0.6) is 11.5 Å². The molecule has 0 aliphatic carbocycles. The number of carboxylic acid groups (broad SMARTS) is 1. The fourth-order valence-corrected chi connectivity index (χ4v) is 4.84. The molecule has 190 valence electrons. The van der Waals surface area contributed by atoms with E-state index in [1.807, 2.05) is 0 Å². The highest BCUT2D eigenvalue weighted by Gasteiger charge is 2.29. The Bertz CT molecular complexity index is 1340. The average Bonchev–Trinajstić information content (AvgIpc) is 2.87. The second-order valence-corrected chi connectivity index (χ2v) is 9.18. The fourth-order valence-electron chi connectivity index (χ4n) is 4.68. The zero-order chi connectivity index (χ0) is 25.2. The van der Waals surface area contributed by atoms with E-state index in [0.29, 0.717) is 84.8 Å². The van der Waals surface area contributed by atoms with Gasteiger partial charge in [0.2, 0.25) is 0 Å². The number of benzene rings is 1. The Labute approximate surface area is 210 Å². The molecule has 36 heavy (non-hydrogen) atoms. The minimum Gasteiger partial charge on any atom is -0.594 e. The van der Waals surface area contributed by atoms with Crippen molar-refractivity contribution in [3.05, 3.63) is 56.9 Å². The Kier molecular flexibility index (Phi) is 6.79. The third kappa shape index (κ3) is 5.00. The number of nitrogens with zero attached hydrogens (tertiary/aromatic N) is 6. The number of pyridine rings is 1. The van der Waals surface area contributed by atoms with Gasteiger partial charge in [-0.05, 0) is 29.8 Å². The van der Waals surface area contributed by atoms with E-state index in [1.165, 1.54) is 15.5 Å². The molecule has 0 atom stereocenters. The quantitative estimate of drug-likeness (QED) is 0.381. The second kappa shape index (κ2) is 10.2. The summed E-state index contributed by atoms with van der Waals surface area (Å²) in [5.74, 6) is 1.14. The van der Waals surface area contributed by atoms with E-state index in [4.69, 9.17) is 21.1 Å². The number of ether oxygens (including phenoxy) is 2. The molecule has 2 aromatic heterocycles. The number of piperidine rings is 1. The zero-order valence-corrected chi connectivity index (χ0v) is 20.1. The van der Waals surface area contributed by atoms with E-state index < -0.39 is 11.8 Å². The summed E-state index contributed by atoms with van der Waals surface area (Å²) in [5.41, 5.74) is 0.652. The lowest BCUT2D eigenvalue weighted by atomic mass is 10.0. The number of fused-ring (bicyclic) bond motifs is 2. The second-order valence-electron chi connectivity index (χ2n) is 8.74. The van der Waals surface area contributed by atoms with Crippen molar-refractivity contribution in [3.8, 4) is 11.5 Å². The first kappa shape index (κ1) is 24.1. The number of hydrogen-bond acceptors (Lipinski definition) is 8. The SMILES string of the molecule is O=C(O)N(Cc1cc2c(cn1)OCCO2)C1CCN(CCn2c(=O)n[n+]([O-])c3ccc(Cl)cc32)CC1. The topological polar surface area (TPSA) is 137 Å². The van der Waals surface area contributed by atoms with Crippen LogP contribution >= 0.6 is 11.6 Å². The molecule has 1 saturated heterocycles. The molecule has 0 saturated carbocycles. The van der Waals surface area contributed by atoms with Gasteiger partial charge in [-0.2, -0.15) is 0 Å². The van der Waals surface area contributed by atoms with Gasteiger partial charge < -0.3 is 24.7 Å². The number of rotatable bonds is 6. The van der Waals surface area contributed by atoms with Crippen molar-refractivity contribution >= 4 is 28.7 Å². The Balaban J connectivity index is 1.22. The minimum atomic E-state index is -0.999. The number of hydrogen-bond donors (Lipinski definition) is 1. The molecule has 12 nitrogen and oxygen atoms in total. The summed E-state index contributed by atoms with van der Waals surface area (Å²) in [7, 11) is 0. The molecule has 0 bridgehead atoms. The van der Waals surface area contributed by atoms with Crippen LogP contribution < -0.4 is 20.0 Å². The highest BCUT2D eigenvalue weighted by Crippen LogP contribution is 2.30. The molecule has 2 aliphatic heterocycles. The predicted octanol–water partition coefficient (Wildman–Crippen LogP) is 1.49. The molecule has 13 heteroatoms. The number of halogens is 1. The molecule has 0 spiro atoms. The molecule has 5 rings (SSSR count). The molecular formula is C23H25ClN6O6. The lowest BCUT2D eigenvalue weighted by molar-refractivity contribution is -0.645. The van der Waals surface area contributed by atoms with Gasteiger partial charge in [-0.1, -0.05) is 11.6 Å². The standard InChI is InChI=1S/C23H25ClN6O6/c24-15-1-2-18-19(11-15)28(22(31)26-30(18)34)8-7-27-5-3-17(4-6-27)29(23(32)33)14-16-12-20-21(13-25-16)36-10-9-35-20/h1-2,11-13,17H,3-10,14H2,(H,32,33). The van der Waals surface area contributed by atoms with E-state index >= 15 is 0 Å². The van der Waals surface area contributed by atoms with Gasteiger partial charge in [0.15, 0.2) is 11.5 Å². The van der Waals surface area contributed by atoms with Gasteiger partial charge in [-0.3, -0.25) is 14.5 Å². The number of likely N-dealkylation sites (tertiary alicyclic amines) is 1. The third-order valence-electron chi connectivity index (χ3n) is 6.54. The van der Waals surface area contributed by atoms with E-state index in [0.717, 1.165) is 0 Å². The van der Waals surface area contributed by atoms with Crippen LogP contribution in [0, 0.1) is 5.21 Å². The highest BCUT2D eigenvalue weighted by atomic mass is 35.5. The van der Waals surface area contributed by atoms with Gasteiger partial charge in [0, 0.05) is 49.4 Å². The number of carbonyl (C=O) groups is 1. The summed E-state index contributed by atoms with van der Waals surface area (Å²) in [6.07, 6.45) is 1.86. The van der Waals surface area contributed by atoms with E-state index in [1.54, 1.807) is 24.4 Å². The number of aromatic nitrogens is 4. The van der Waals surface area contributed by atoms with Crippen molar-refractivity contribution in [1.29, 1.82) is 0 Å². The highest BCUT2D eigenvalue weighted by molar-refractivity contribution is 6.31. The first-order valence-electron chi connectivity index (χ1n) is 11.7. The Morgan fingerprint density at radius 3 is 2.69 bits per heavy atom. The molecule has 3 aromatic rings. The monoisotopic (exact) mass is 516 g/mol. The van der Waals surface area contributed by atoms with E-state index in [2.05, 4.69) is 15.0 Å². The van der Waals surface area contributed by atoms with Gasteiger partial charge in [-0.25, -0.2) is 9.59 Å². The van der Waals surface area contributed by atoms with Crippen LogP contribution in [0.25, 0.3) is 11.0 Å². The predicted molar refractivity (Wildman–Crippen MR) is 128 cm³/mol. The first-order chi connectivity index (χ1) is 17.4. The molecule has 1 amide bonds. The van der Waals surface area contributed by atoms with Gasteiger partial charge in [0.1, 0.15) is 18.7 Å². The van der Waals surface area contributed by atoms with Crippen molar-refractivity contribution in [2.24, 2.45) is 0 Å². The van der Waals surface area contributed by atoms with E-state index in [-0.39, 0.29) is 18.1 Å². The summed E-state index contributed by atoms with van der Waals surface area (Å²) >= 11 is 6.08. The number of amides is 1. The summed E-state index contributed by atoms with van der Waals surface area (Å²) < 4.78 is 12.5. The van der Waals surface area contributed by atoms with Gasteiger partial charge in [0.05, 0.1) is 23.5 Å². The molecule has 1 aromatic carbocycles. The fraction of sp³-hybridized carbons (Fsp3) is 0.435. The van der Waals surface area contributed by atoms with Gasteiger partial charge in [-0.15, -0.1) is 0 Å². The lowest BCUT2D eigenvalue weighted by Crippen LogP contribution is -2.48. The van der Waals surface area contributed by atoms with Crippen LogP contribution in [-0.2, 0) is 13.1 Å². The Morgan fingerprint density at radius 1 is 1.19 bits per heavy atom. The van der Waals surface area contributed by atoms with Crippen LogP contribution in [0.4, 0.5) is 4.79 Å². The average molecular weight is 517 g/mol. The molecule has 1 fully saturated rings. The van der Waals surface area contributed by atoms with Crippen molar-refractivity contribution in [1.82, 2.24) is 24.4 Å². The molecule has 0 radical (unpaired) electrons. The maximum atomic E-state index is 12.4. The Morgan fingerprint density at radius 2 is 1.94 bits per heavy atom. The lowest BCUT2D eigenvalue weighted by Gasteiger charge is -2.37.